The Morgan fingerprint density at radius 2 is 1.59 bits per heavy atom. The molecule has 4 atom stereocenters. The number of anilines is 1. The van der Waals surface area contributed by atoms with Gasteiger partial charge in [0.25, 0.3) is 0 Å². The van der Waals surface area contributed by atoms with Gasteiger partial charge in [-0.05, 0) is 43.5 Å². The van der Waals surface area contributed by atoms with Crippen molar-refractivity contribution in [2.45, 2.75) is 55.1 Å². The fourth-order valence-electron chi connectivity index (χ4n) is 3.71. The summed E-state index contributed by atoms with van der Waals surface area (Å²) in [5.41, 5.74) is 0.530. The van der Waals surface area contributed by atoms with Crippen molar-refractivity contribution < 1.29 is 19.1 Å². The zero-order chi connectivity index (χ0) is 19.6. The van der Waals surface area contributed by atoms with E-state index < -0.39 is 0 Å². The third-order valence-corrected chi connectivity index (χ3v) is 7.96. The Kier molecular flexibility index (Phi) is 6.74. The molecule has 27 heavy (non-hydrogen) atoms. The number of unbranched alkanes of at least 4 members (excludes halogenated alkanes) is 2. The SMILES string of the molecule is CCCCCC(=O)Oc1ccc(N2C(=O)C3CC(Br)C(Br)CC3C2=O)cc1. The molecule has 2 aliphatic rings. The highest BCUT2D eigenvalue weighted by Gasteiger charge is 2.52. The predicted molar refractivity (Wildman–Crippen MR) is 110 cm³/mol. The van der Waals surface area contributed by atoms with E-state index >= 15 is 0 Å². The third-order valence-electron chi connectivity index (χ3n) is 5.22. The molecule has 1 aromatic rings. The highest BCUT2D eigenvalue weighted by molar-refractivity contribution is 9.12. The number of carbonyl (C=O) groups excluding carboxylic acids is 3. The van der Waals surface area contributed by atoms with Gasteiger partial charge in [0.2, 0.25) is 11.8 Å². The molecule has 1 aliphatic carbocycles. The summed E-state index contributed by atoms with van der Waals surface area (Å²) in [6, 6.07) is 6.60. The summed E-state index contributed by atoms with van der Waals surface area (Å²) in [5, 5.41) is 0. The topological polar surface area (TPSA) is 63.7 Å². The molecule has 1 saturated carbocycles. The zero-order valence-corrected chi connectivity index (χ0v) is 18.4. The standard InChI is InChI=1S/C20H23Br2NO4/c1-2-3-4-5-18(24)27-13-8-6-12(7-9-13)23-19(25)14-10-16(21)17(22)11-15(14)20(23)26/h6-9,14-17H,2-5,10-11H2,1H3. The number of hydrogen-bond donors (Lipinski definition) is 0. The Morgan fingerprint density at radius 3 is 2.11 bits per heavy atom. The van der Waals surface area contributed by atoms with Gasteiger partial charge in [0.15, 0.2) is 0 Å². The van der Waals surface area contributed by atoms with Crippen molar-refractivity contribution in [3.8, 4) is 5.75 Å². The van der Waals surface area contributed by atoms with Crippen LogP contribution in [0.2, 0.25) is 0 Å². The lowest BCUT2D eigenvalue weighted by molar-refractivity contribution is -0.134. The van der Waals surface area contributed by atoms with Gasteiger partial charge in [-0.15, -0.1) is 0 Å². The Hall–Kier alpha value is -1.21. The molecule has 1 saturated heterocycles. The highest BCUT2D eigenvalue weighted by Crippen LogP contribution is 2.44. The molecule has 5 nitrogen and oxygen atoms in total. The van der Waals surface area contributed by atoms with Gasteiger partial charge >= 0.3 is 5.97 Å². The van der Waals surface area contributed by atoms with E-state index in [1.54, 1.807) is 24.3 Å². The minimum Gasteiger partial charge on any atom is -0.427 e. The number of amides is 2. The van der Waals surface area contributed by atoms with Crippen molar-refractivity contribution in [3.63, 3.8) is 0 Å². The van der Waals surface area contributed by atoms with Crippen molar-refractivity contribution >= 4 is 55.3 Å². The number of carbonyl (C=O) groups is 3. The lowest BCUT2D eigenvalue weighted by Crippen LogP contribution is -2.34. The normalized spacial score (nSPS) is 27.6. The van der Waals surface area contributed by atoms with Gasteiger partial charge in [-0.3, -0.25) is 19.3 Å². The number of halogens is 2. The fourth-order valence-corrected chi connectivity index (χ4v) is 4.95. The molecule has 0 radical (unpaired) electrons. The quantitative estimate of drug-likeness (QED) is 0.188. The van der Waals surface area contributed by atoms with Crippen LogP contribution in [0.25, 0.3) is 0 Å². The van der Waals surface area contributed by atoms with Crippen LogP contribution in [0.15, 0.2) is 24.3 Å². The summed E-state index contributed by atoms with van der Waals surface area (Å²) >= 11 is 7.18. The lowest BCUT2D eigenvalue weighted by Gasteiger charge is -2.29. The average Bonchev–Trinajstić information content (AvgIpc) is 2.87. The number of nitrogens with zero attached hydrogens (tertiary/aromatic N) is 1. The lowest BCUT2D eigenvalue weighted by atomic mass is 9.81. The first-order valence-electron chi connectivity index (χ1n) is 9.39. The molecule has 1 heterocycles. The first-order chi connectivity index (χ1) is 12.9. The van der Waals surface area contributed by atoms with Gasteiger partial charge in [-0.2, -0.15) is 0 Å². The molecule has 0 spiro atoms. The Bertz CT molecular complexity index is 693. The first-order valence-corrected chi connectivity index (χ1v) is 11.2. The van der Waals surface area contributed by atoms with Crippen molar-refractivity contribution in [2.24, 2.45) is 11.8 Å². The van der Waals surface area contributed by atoms with Gasteiger partial charge in [0.05, 0.1) is 17.5 Å². The average molecular weight is 501 g/mol. The molecule has 1 aliphatic heterocycles. The van der Waals surface area contributed by atoms with Gasteiger partial charge < -0.3 is 4.74 Å². The van der Waals surface area contributed by atoms with E-state index in [1.165, 1.54) is 4.90 Å². The number of benzene rings is 1. The van der Waals surface area contributed by atoms with Crippen LogP contribution in [0.1, 0.15) is 45.4 Å². The number of fused-ring (bicyclic) bond motifs is 1. The van der Waals surface area contributed by atoms with E-state index in [4.69, 9.17) is 4.74 Å². The Labute approximate surface area is 176 Å². The van der Waals surface area contributed by atoms with Crippen LogP contribution in [-0.4, -0.2) is 27.4 Å². The maximum Gasteiger partial charge on any atom is 0.311 e. The largest absolute Gasteiger partial charge is 0.427 e. The smallest absolute Gasteiger partial charge is 0.311 e. The molecule has 2 fully saturated rings. The summed E-state index contributed by atoms with van der Waals surface area (Å²) in [7, 11) is 0. The van der Waals surface area contributed by atoms with Crippen LogP contribution in [-0.2, 0) is 14.4 Å². The molecule has 2 amide bonds. The first kappa shape index (κ1) is 20.5. The van der Waals surface area contributed by atoms with Crippen LogP contribution in [0.3, 0.4) is 0 Å². The van der Waals surface area contributed by atoms with E-state index in [1.807, 2.05) is 0 Å². The minimum absolute atomic E-state index is 0.141. The third kappa shape index (κ3) is 4.45. The second-order valence-electron chi connectivity index (χ2n) is 7.15. The van der Waals surface area contributed by atoms with Gasteiger partial charge in [0.1, 0.15) is 5.75 Å². The van der Waals surface area contributed by atoms with Crippen molar-refractivity contribution in [1.82, 2.24) is 0 Å². The number of ether oxygens (including phenoxy) is 1. The van der Waals surface area contributed by atoms with Gasteiger partial charge in [-0.25, -0.2) is 0 Å². The van der Waals surface area contributed by atoms with E-state index in [2.05, 4.69) is 38.8 Å². The molecule has 7 heteroatoms. The molecular weight excluding hydrogens is 478 g/mol. The summed E-state index contributed by atoms with van der Waals surface area (Å²) in [4.78, 5) is 39.1. The van der Waals surface area contributed by atoms with Crippen molar-refractivity contribution in [3.05, 3.63) is 24.3 Å². The van der Waals surface area contributed by atoms with Crippen LogP contribution < -0.4 is 9.64 Å². The van der Waals surface area contributed by atoms with E-state index in [-0.39, 0.29) is 39.3 Å². The van der Waals surface area contributed by atoms with Crippen molar-refractivity contribution in [2.75, 3.05) is 4.90 Å². The van der Waals surface area contributed by atoms with E-state index in [9.17, 15) is 14.4 Å². The molecule has 0 N–H and O–H groups in total. The van der Waals surface area contributed by atoms with E-state index in [0.717, 1.165) is 19.3 Å². The molecule has 4 unspecified atom stereocenters. The molecular formula is C20H23Br2NO4. The number of hydrogen-bond acceptors (Lipinski definition) is 4. The van der Waals surface area contributed by atoms with Crippen molar-refractivity contribution in [1.29, 1.82) is 0 Å². The van der Waals surface area contributed by atoms with Crippen LogP contribution in [0, 0.1) is 11.8 Å². The molecule has 3 rings (SSSR count). The summed E-state index contributed by atoms with van der Waals surface area (Å²) in [5.74, 6) is -0.658. The van der Waals surface area contributed by atoms with Crippen LogP contribution >= 0.6 is 31.9 Å². The minimum atomic E-state index is -0.272. The summed E-state index contributed by atoms with van der Waals surface area (Å²) in [6.07, 6.45) is 4.55. The second-order valence-corrected chi connectivity index (χ2v) is 9.51. The maximum atomic E-state index is 12.8. The molecule has 0 aromatic heterocycles. The summed E-state index contributed by atoms with van der Waals surface area (Å²) < 4.78 is 5.32. The van der Waals surface area contributed by atoms with Crippen LogP contribution in [0.4, 0.5) is 5.69 Å². The number of imide groups is 1. The monoisotopic (exact) mass is 499 g/mol. The van der Waals surface area contributed by atoms with E-state index in [0.29, 0.717) is 30.7 Å². The number of rotatable bonds is 6. The van der Waals surface area contributed by atoms with Gasteiger partial charge in [-0.1, -0.05) is 51.6 Å². The van der Waals surface area contributed by atoms with Gasteiger partial charge in [0, 0.05) is 16.1 Å². The Balaban J connectivity index is 1.67. The van der Waals surface area contributed by atoms with Crippen LogP contribution in [0.5, 0.6) is 5.75 Å². The summed E-state index contributed by atoms with van der Waals surface area (Å²) in [6.45, 7) is 2.08. The second kappa shape index (κ2) is 8.86. The predicted octanol–water partition coefficient (Wildman–Crippen LogP) is 4.60. The number of alkyl halides is 2. The molecule has 146 valence electrons. The highest BCUT2D eigenvalue weighted by atomic mass is 79.9. The Morgan fingerprint density at radius 1 is 1.04 bits per heavy atom. The number of esters is 1. The molecule has 1 aromatic carbocycles. The fraction of sp³-hybridized carbons (Fsp3) is 0.550. The molecule has 0 bridgehead atoms. The maximum absolute atomic E-state index is 12.8. The zero-order valence-electron chi connectivity index (χ0n) is 15.2.